The average molecular weight is 200 g/mol. The number of carboxylic acids is 1. The van der Waals surface area contributed by atoms with Crippen LogP contribution in [0.5, 0.6) is 0 Å². The molecule has 1 aliphatic rings. The lowest BCUT2D eigenvalue weighted by Gasteiger charge is -2.50. The highest BCUT2D eigenvalue weighted by Gasteiger charge is 2.52. The Morgan fingerprint density at radius 3 is 1.86 bits per heavy atom. The summed E-state index contributed by atoms with van der Waals surface area (Å²) in [6.07, 6.45) is 0. The van der Waals surface area contributed by atoms with Crippen molar-refractivity contribution in [1.82, 2.24) is 0 Å². The largest absolute Gasteiger partial charge is 0.481 e. The van der Waals surface area contributed by atoms with Crippen LogP contribution in [0.3, 0.4) is 0 Å². The van der Waals surface area contributed by atoms with Crippen LogP contribution in [-0.2, 0) is 9.53 Å². The monoisotopic (exact) mass is 200 g/mol. The lowest BCUT2D eigenvalue weighted by atomic mass is 9.62. The lowest BCUT2D eigenvalue weighted by Crippen LogP contribution is -2.56. The third-order valence-corrected chi connectivity index (χ3v) is 3.44. The molecule has 1 N–H and O–H groups in total. The summed E-state index contributed by atoms with van der Waals surface area (Å²) >= 11 is 0. The second-order valence-electron chi connectivity index (χ2n) is 4.94. The summed E-state index contributed by atoms with van der Waals surface area (Å²) in [7, 11) is 0. The van der Waals surface area contributed by atoms with Crippen molar-refractivity contribution in [2.75, 3.05) is 13.2 Å². The van der Waals surface area contributed by atoms with Gasteiger partial charge in [-0.1, -0.05) is 27.7 Å². The van der Waals surface area contributed by atoms with Gasteiger partial charge in [-0.05, 0) is 11.8 Å². The van der Waals surface area contributed by atoms with Crippen molar-refractivity contribution in [2.24, 2.45) is 23.2 Å². The van der Waals surface area contributed by atoms with Crippen LogP contribution in [0.25, 0.3) is 0 Å². The number of hydrogen-bond acceptors (Lipinski definition) is 2. The zero-order chi connectivity index (χ0) is 10.9. The van der Waals surface area contributed by atoms with Crippen molar-refractivity contribution >= 4 is 5.97 Å². The van der Waals surface area contributed by atoms with Gasteiger partial charge in [0.05, 0.1) is 19.1 Å². The van der Waals surface area contributed by atoms with E-state index in [-0.39, 0.29) is 17.3 Å². The predicted molar refractivity (Wildman–Crippen MR) is 54.1 cm³/mol. The van der Waals surface area contributed by atoms with Crippen molar-refractivity contribution in [3.8, 4) is 0 Å². The van der Waals surface area contributed by atoms with Gasteiger partial charge in [-0.15, -0.1) is 0 Å². The third-order valence-electron chi connectivity index (χ3n) is 3.44. The van der Waals surface area contributed by atoms with Gasteiger partial charge in [0.25, 0.3) is 0 Å². The van der Waals surface area contributed by atoms with Crippen LogP contribution < -0.4 is 0 Å². The molecule has 1 atom stereocenters. The van der Waals surface area contributed by atoms with Crippen LogP contribution >= 0.6 is 0 Å². The Bertz CT molecular complexity index is 217. The molecular formula is C11H20O3. The number of rotatable bonds is 4. The molecule has 0 aromatic carbocycles. The first-order valence-electron chi connectivity index (χ1n) is 5.22. The van der Waals surface area contributed by atoms with Gasteiger partial charge in [0.1, 0.15) is 0 Å². The van der Waals surface area contributed by atoms with Crippen LogP contribution in [0.15, 0.2) is 0 Å². The molecule has 1 saturated heterocycles. The lowest BCUT2D eigenvalue weighted by molar-refractivity contribution is -0.196. The summed E-state index contributed by atoms with van der Waals surface area (Å²) in [5.41, 5.74) is -0.139. The van der Waals surface area contributed by atoms with Crippen molar-refractivity contribution in [3.05, 3.63) is 0 Å². The molecule has 0 saturated carbocycles. The summed E-state index contributed by atoms with van der Waals surface area (Å²) in [5.74, 6) is -0.438. The van der Waals surface area contributed by atoms with E-state index in [4.69, 9.17) is 4.74 Å². The van der Waals surface area contributed by atoms with Gasteiger partial charge in [-0.3, -0.25) is 4.79 Å². The Kier molecular flexibility index (Phi) is 3.20. The Morgan fingerprint density at radius 2 is 1.79 bits per heavy atom. The van der Waals surface area contributed by atoms with E-state index < -0.39 is 5.97 Å². The fourth-order valence-electron chi connectivity index (χ4n) is 2.40. The Labute approximate surface area is 85.5 Å². The first kappa shape index (κ1) is 11.5. The molecule has 0 spiro atoms. The van der Waals surface area contributed by atoms with Gasteiger partial charge in [-0.2, -0.15) is 0 Å². The maximum Gasteiger partial charge on any atom is 0.307 e. The first-order valence-corrected chi connectivity index (χ1v) is 5.22. The predicted octanol–water partition coefficient (Wildman–Crippen LogP) is 2.02. The number of ether oxygens (including phenoxy) is 1. The van der Waals surface area contributed by atoms with Crippen LogP contribution in [0.4, 0.5) is 0 Å². The van der Waals surface area contributed by atoms with Crippen molar-refractivity contribution < 1.29 is 14.6 Å². The normalized spacial score (nSPS) is 22.1. The van der Waals surface area contributed by atoms with Crippen molar-refractivity contribution in [1.29, 1.82) is 0 Å². The molecule has 1 aliphatic heterocycles. The number of carbonyl (C=O) groups is 1. The zero-order valence-electron chi connectivity index (χ0n) is 9.41. The quantitative estimate of drug-likeness (QED) is 0.755. The molecule has 1 heterocycles. The second-order valence-corrected chi connectivity index (χ2v) is 4.94. The molecule has 14 heavy (non-hydrogen) atoms. The van der Waals surface area contributed by atoms with E-state index >= 15 is 0 Å². The van der Waals surface area contributed by atoms with Crippen LogP contribution in [0, 0.1) is 23.2 Å². The van der Waals surface area contributed by atoms with Gasteiger partial charge >= 0.3 is 5.97 Å². The summed E-state index contributed by atoms with van der Waals surface area (Å²) in [4.78, 5) is 11.2. The number of aliphatic carboxylic acids is 1. The molecule has 0 bridgehead atoms. The minimum atomic E-state index is -0.683. The van der Waals surface area contributed by atoms with Gasteiger partial charge in [0.2, 0.25) is 0 Å². The molecule has 3 nitrogen and oxygen atoms in total. The summed E-state index contributed by atoms with van der Waals surface area (Å²) in [6, 6.07) is 0. The highest BCUT2D eigenvalue weighted by molar-refractivity contribution is 5.71. The van der Waals surface area contributed by atoms with Gasteiger partial charge in [0, 0.05) is 5.41 Å². The van der Waals surface area contributed by atoms with E-state index in [0.717, 1.165) is 0 Å². The van der Waals surface area contributed by atoms with E-state index in [1.54, 1.807) is 0 Å². The molecule has 1 unspecified atom stereocenters. The Morgan fingerprint density at radius 1 is 1.29 bits per heavy atom. The average Bonchev–Trinajstić information content (AvgIpc) is 1.93. The van der Waals surface area contributed by atoms with Crippen LogP contribution in [0.2, 0.25) is 0 Å². The SMILES string of the molecule is CC(C)C(C(=O)O)C1(C(C)C)COC1. The maximum atomic E-state index is 11.2. The van der Waals surface area contributed by atoms with E-state index in [1.165, 1.54) is 0 Å². The van der Waals surface area contributed by atoms with E-state index in [9.17, 15) is 9.90 Å². The molecule has 3 heteroatoms. The van der Waals surface area contributed by atoms with Gasteiger partial charge < -0.3 is 9.84 Å². The molecule has 0 aliphatic carbocycles. The van der Waals surface area contributed by atoms with Crippen LogP contribution in [0.1, 0.15) is 27.7 Å². The molecule has 0 aromatic heterocycles. The summed E-state index contributed by atoms with van der Waals surface area (Å²) < 4.78 is 5.22. The summed E-state index contributed by atoms with van der Waals surface area (Å²) in [6.45, 7) is 9.31. The zero-order valence-corrected chi connectivity index (χ0v) is 9.41. The minimum Gasteiger partial charge on any atom is -0.481 e. The molecule has 0 aromatic rings. The highest BCUT2D eigenvalue weighted by atomic mass is 16.5. The van der Waals surface area contributed by atoms with E-state index in [1.807, 2.05) is 13.8 Å². The fraction of sp³-hybridized carbons (Fsp3) is 0.909. The highest BCUT2D eigenvalue weighted by Crippen LogP contribution is 2.46. The molecule has 1 rings (SSSR count). The fourth-order valence-corrected chi connectivity index (χ4v) is 2.40. The molecule has 82 valence electrons. The third kappa shape index (κ3) is 1.65. The molecule has 0 amide bonds. The van der Waals surface area contributed by atoms with Gasteiger partial charge in [-0.25, -0.2) is 0 Å². The van der Waals surface area contributed by atoms with Crippen molar-refractivity contribution in [2.45, 2.75) is 27.7 Å². The Balaban J connectivity index is 2.90. The second kappa shape index (κ2) is 3.89. The standard InChI is InChI=1S/C11H20O3/c1-7(2)9(10(12)13)11(8(3)4)5-14-6-11/h7-9H,5-6H2,1-4H3,(H,12,13). The smallest absolute Gasteiger partial charge is 0.307 e. The topological polar surface area (TPSA) is 46.5 Å². The Hall–Kier alpha value is -0.570. The molecule has 1 fully saturated rings. The van der Waals surface area contributed by atoms with Crippen molar-refractivity contribution in [3.63, 3.8) is 0 Å². The first-order chi connectivity index (χ1) is 6.42. The van der Waals surface area contributed by atoms with Gasteiger partial charge in [0.15, 0.2) is 0 Å². The van der Waals surface area contributed by atoms with Crippen LogP contribution in [-0.4, -0.2) is 24.3 Å². The number of hydrogen-bond donors (Lipinski definition) is 1. The maximum absolute atomic E-state index is 11.2. The van der Waals surface area contributed by atoms with E-state index in [0.29, 0.717) is 19.1 Å². The minimum absolute atomic E-state index is 0.139. The summed E-state index contributed by atoms with van der Waals surface area (Å²) in [5, 5.41) is 9.24. The number of carboxylic acid groups (broad SMARTS) is 1. The van der Waals surface area contributed by atoms with E-state index in [2.05, 4.69) is 13.8 Å². The molecular weight excluding hydrogens is 180 g/mol. The molecule has 0 radical (unpaired) electrons.